The van der Waals surface area contributed by atoms with Gasteiger partial charge in [-0.15, -0.1) is 0 Å². The molecule has 3 atom stereocenters. The Morgan fingerprint density at radius 1 is 1.18 bits per heavy atom. The number of esters is 1. The largest absolute Gasteiger partial charge is 0.426 e. The fraction of sp³-hybridized carbons (Fsp3) is 0.500. The summed E-state index contributed by atoms with van der Waals surface area (Å²) in [6, 6.07) is 7.96. The first-order valence-corrected chi connectivity index (χ1v) is 7.35. The topological polar surface area (TPSA) is 26.3 Å². The van der Waals surface area contributed by atoms with Gasteiger partial charge in [-0.05, 0) is 42.2 Å². The average Bonchev–Trinajstić information content (AvgIpc) is 2.94. The summed E-state index contributed by atoms with van der Waals surface area (Å²) in [6.45, 7) is 0. The van der Waals surface area contributed by atoms with Crippen molar-refractivity contribution in [2.75, 3.05) is 11.5 Å². The van der Waals surface area contributed by atoms with Crippen LogP contribution in [-0.4, -0.2) is 17.5 Å². The second kappa shape index (κ2) is 3.29. The molecule has 1 spiro atoms. The van der Waals surface area contributed by atoms with E-state index in [9.17, 15) is 4.79 Å². The average molecular weight is 246 g/mol. The van der Waals surface area contributed by atoms with Gasteiger partial charge in [-0.25, -0.2) is 0 Å². The molecule has 0 amide bonds. The molecule has 2 fully saturated rings. The standard InChI is InChI=1S/C14H14O2S/c15-13-14(5-9-7-17-8-10(9)6-14)11-3-1-2-4-12(11)16-13/h1-4,9-10H,5-8H2/t9-,10+,14?. The van der Waals surface area contributed by atoms with Crippen molar-refractivity contribution in [3.05, 3.63) is 29.8 Å². The summed E-state index contributed by atoms with van der Waals surface area (Å²) in [7, 11) is 0. The third-order valence-electron chi connectivity index (χ3n) is 4.55. The number of fused-ring (bicyclic) bond motifs is 3. The first-order valence-electron chi connectivity index (χ1n) is 6.19. The molecule has 1 aromatic carbocycles. The van der Waals surface area contributed by atoms with E-state index in [0.717, 1.165) is 36.0 Å². The van der Waals surface area contributed by atoms with Crippen molar-refractivity contribution in [2.45, 2.75) is 18.3 Å². The van der Waals surface area contributed by atoms with Gasteiger partial charge < -0.3 is 4.74 Å². The second-order valence-corrected chi connectivity index (χ2v) is 6.51. The van der Waals surface area contributed by atoms with E-state index < -0.39 is 0 Å². The number of hydrogen-bond donors (Lipinski definition) is 0. The van der Waals surface area contributed by atoms with Crippen LogP contribution < -0.4 is 4.74 Å². The molecule has 1 aromatic rings. The quantitative estimate of drug-likeness (QED) is 0.520. The predicted molar refractivity (Wildman–Crippen MR) is 67.3 cm³/mol. The number of hydrogen-bond acceptors (Lipinski definition) is 3. The van der Waals surface area contributed by atoms with E-state index in [1.54, 1.807) is 0 Å². The molecule has 0 aromatic heterocycles. The van der Waals surface area contributed by atoms with Crippen molar-refractivity contribution in [1.82, 2.24) is 0 Å². The predicted octanol–water partition coefficient (Wildman–Crippen LogP) is 2.62. The molecular formula is C14H14O2S. The van der Waals surface area contributed by atoms with E-state index in [2.05, 4.69) is 6.07 Å². The molecule has 88 valence electrons. The lowest BCUT2D eigenvalue weighted by Crippen LogP contribution is -2.31. The van der Waals surface area contributed by atoms with Crippen molar-refractivity contribution in [2.24, 2.45) is 11.8 Å². The molecule has 1 saturated carbocycles. The van der Waals surface area contributed by atoms with Crippen LogP contribution in [0.4, 0.5) is 0 Å². The van der Waals surface area contributed by atoms with Crippen LogP contribution >= 0.6 is 11.8 Å². The van der Waals surface area contributed by atoms with Crippen molar-refractivity contribution in [3.8, 4) is 5.75 Å². The minimum absolute atomic E-state index is 0.00176. The molecule has 1 unspecified atom stereocenters. The Balaban J connectivity index is 1.81. The number of thioether (sulfide) groups is 1. The maximum Gasteiger partial charge on any atom is 0.322 e. The summed E-state index contributed by atoms with van der Waals surface area (Å²) < 4.78 is 5.46. The monoisotopic (exact) mass is 246 g/mol. The van der Waals surface area contributed by atoms with Crippen molar-refractivity contribution < 1.29 is 9.53 Å². The zero-order valence-electron chi connectivity index (χ0n) is 9.52. The van der Waals surface area contributed by atoms with E-state index in [0.29, 0.717) is 0 Å². The maximum absolute atomic E-state index is 12.3. The van der Waals surface area contributed by atoms with Gasteiger partial charge in [0.2, 0.25) is 0 Å². The van der Waals surface area contributed by atoms with Crippen LogP contribution in [0.25, 0.3) is 0 Å². The fourth-order valence-electron chi connectivity index (χ4n) is 3.72. The van der Waals surface area contributed by atoms with Crippen LogP contribution in [0.3, 0.4) is 0 Å². The van der Waals surface area contributed by atoms with Crippen LogP contribution in [0, 0.1) is 11.8 Å². The van der Waals surface area contributed by atoms with Crippen LogP contribution in [0.5, 0.6) is 5.75 Å². The van der Waals surface area contributed by atoms with Gasteiger partial charge >= 0.3 is 5.97 Å². The Morgan fingerprint density at radius 2 is 1.88 bits per heavy atom. The minimum atomic E-state index is -0.299. The molecule has 2 nitrogen and oxygen atoms in total. The highest BCUT2D eigenvalue weighted by Gasteiger charge is 2.57. The number of carbonyl (C=O) groups is 1. The number of benzene rings is 1. The molecule has 0 N–H and O–H groups in total. The lowest BCUT2D eigenvalue weighted by molar-refractivity contribution is -0.138. The number of carbonyl (C=O) groups excluding carboxylic acids is 1. The van der Waals surface area contributed by atoms with Gasteiger partial charge in [0.05, 0.1) is 5.41 Å². The van der Waals surface area contributed by atoms with Crippen LogP contribution in [-0.2, 0) is 10.2 Å². The van der Waals surface area contributed by atoms with E-state index in [1.807, 2.05) is 30.0 Å². The molecule has 0 bridgehead atoms. The summed E-state index contributed by atoms with van der Waals surface area (Å²) >= 11 is 2.04. The SMILES string of the molecule is O=C1Oc2ccccc2C12C[C@H]1CSC[C@H]1C2. The Labute approximate surface area is 105 Å². The number of para-hydroxylation sites is 1. The van der Waals surface area contributed by atoms with Gasteiger partial charge in [-0.1, -0.05) is 18.2 Å². The molecule has 3 aliphatic rings. The van der Waals surface area contributed by atoms with Gasteiger partial charge in [0.25, 0.3) is 0 Å². The van der Waals surface area contributed by atoms with Gasteiger partial charge in [-0.2, -0.15) is 11.8 Å². The third kappa shape index (κ3) is 1.21. The lowest BCUT2D eigenvalue weighted by atomic mass is 9.79. The summed E-state index contributed by atoms with van der Waals surface area (Å²) in [5.74, 6) is 4.68. The van der Waals surface area contributed by atoms with Crippen molar-refractivity contribution >= 4 is 17.7 Å². The zero-order chi connectivity index (χ0) is 11.5. The van der Waals surface area contributed by atoms with E-state index in [1.165, 1.54) is 11.5 Å². The van der Waals surface area contributed by atoms with Gasteiger partial charge in [0, 0.05) is 5.56 Å². The Bertz CT molecular complexity index is 485. The minimum Gasteiger partial charge on any atom is -0.426 e. The van der Waals surface area contributed by atoms with E-state index in [4.69, 9.17) is 4.74 Å². The summed E-state index contributed by atoms with van der Waals surface area (Å²) in [4.78, 5) is 12.3. The smallest absolute Gasteiger partial charge is 0.322 e. The Morgan fingerprint density at radius 3 is 2.65 bits per heavy atom. The van der Waals surface area contributed by atoms with E-state index >= 15 is 0 Å². The molecule has 1 aliphatic carbocycles. The van der Waals surface area contributed by atoms with Gasteiger partial charge in [-0.3, -0.25) is 4.79 Å². The highest BCUT2D eigenvalue weighted by Crippen LogP contribution is 2.57. The molecule has 3 heteroatoms. The zero-order valence-corrected chi connectivity index (χ0v) is 10.3. The highest BCUT2D eigenvalue weighted by atomic mass is 32.2. The molecular weight excluding hydrogens is 232 g/mol. The van der Waals surface area contributed by atoms with Crippen molar-refractivity contribution in [1.29, 1.82) is 0 Å². The summed E-state index contributed by atoms with van der Waals surface area (Å²) in [5, 5.41) is 0. The highest BCUT2D eigenvalue weighted by molar-refractivity contribution is 7.99. The van der Waals surface area contributed by atoms with Gasteiger partial charge in [0.1, 0.15) is 5.75 Å². The first-order chi connectivity index (χ1) is 8.29. The van der Waals surface area contributed by atoms with Crippen molar-refractivity contribution in [3.63, 3.8) is 0 Å². The maximum atomic E-state index is 12.3. The Hall–Kier alpha value is -0.960. The van der Waals surface area contributed by atoms with Crippen LogP contribution in [0.1, 0.15) is 18.4 Å². The molecule has 1 saturated heterocycles. The third-order valence-corrected chi connectivity index (χ3v) is 5.88. The summed E-state index contributed by atoms with van der Waals surface area (Å²) in [6.07, 6.45) is 2.00. The van der Waals surface area contributed by atoms with E-state index in [-0.39, 0.29) is 11.4 Å². The fourth-order valence-corrected chi connectivity index (χ4v) is 5.24. The molecule has 4 rings (SSSR count). The summed E-state index contributed by atoms with van der Waals surface area (Å²) in [5.41, 5.74) is 0.844. The normalized spacial score (nSPS) is 38.2. The molecule has 17 heavy (non-hydrogen) atoms. The van der Waals surface area contributed by atoms with Crippen LogP contribution in [0.2, 0.25) is 0 Å². The first kappa shape index (κ1) is 10.0. The second-order valence-electron chi connectivity index (χ2n) is 5.43. The van der Waals surface area contributed by atoms with Crippen LogP contribution in [0.15, 0.2) is 24.3 Å². The Kier molecular flexibility index (Phi) is 1.93. The lowest BCUT2D eigenvalue weighted by Gasteiger charge is -2.20. The number of ether oxygens (including phenoxy) is 1. The van der Waals surface area contributed by atoms with Gasteiger partial charge in [0.15, 0.2) is 0 Å². The molecule has 0 radical (unpaired) electrons. The number of rotatable bonds is 0. The molecule has 2 aliphatic heterocycles. The molecule has 2 heterocycles.